The van der Waals surface area contributed by atoms with Crippen molar-refractivity contribution in [2.75, 3.05) is 13.2 Å². The number of aliphatic hydroxyl groups excluding tert-OH is 1. The largest absolute Gasteiger partial charge is 0.491 e. The highest BCUT2D eigenvalue weighted by molar-refractivity contribution is 5.34. The molecule has 3 unspecified atom stereocenters. The van der Waals surface area contributed by atoms with Gasteiger partial charge in [-0.2, -0.15) is 0 Å². The van der Waals surface area contributed by atoms with E-state index in [-0.39, 0.29) is 0 Å². The number of β-amino-alcohol motifs (C(OH)–C–C–N with tert-alkyl or cyclic N) is 1. The summed E-state index contributed by atoms with van der Waals surface area (Å²) in [5, 5.41) is 10.5. The van der Waals surface area contributed by atoms with Crippen LogP contribution in [0.25, 0.3) is 0 Å². The predicted octanol–water partition coefficient (Wildman–Crippen LogP) is 5.16. The maximum absolute atomic E-state index is 10.5. The molecule has 1 aromatic carbocycles. The normalized spacial score (nSPS) is 40.2. The van der Waals surface area contributed by atoms with Crippen molar-refractivity contribution in [3.05, 3.63) is 29.8 Å². The summed E-state index contributed by atoms with van der Waals surface area (Å²) in [5.41, 5.74) is 1.99. The first-order valence-corrected chi connectivity index (χ1v) is 12.2. The summed E-state index contributed by atoms with van der Waals surface area (Å²) >= 11 is 0. The lowest BCUT2D eigenvalue weighted by atomic mass is 9.48. The van der Waals surface area contributed by atoms with Gasteiger partial charge < -0.3 is 9.84 Å². The second kappa shape index (κ2) is 7.89. The molecule has 1 aliphatic heterocycles. The fraction of sp³-hybridized carbons (Fsp3) is 0.769. The molecule has 4 bridgehead atoms. The Kier molecular flexibility index (Phi) is 5.41. The van der Waals surface area contributed by atoms with Gasteiger partial charge in [-0.1, -0.05) is 18.6 Å². The van der Waals surface area contributed by atoms with Gasteiger partial charge in [0.15, 0.2) is 0 Å². The van der Waals surface area contributed by atoms with Crippen molar-refractivity contribution in [3.8, 4) is 5.75 Å². The smallest absolute Gasteiger partial charge is 0.119 e. The Labute approximate surface area is 176 Å². The maximum atomic E-state index is 10.5. The Bertz CT molecular complexity index is 654. The average molecular weight is 398 g/mol. The lowest BCUT2D eigenvalue weighted by molar-refractivity contribution is -0.00524. The van der Waals surface area contributed by atoms with Crippen LogP contribution in [-0.2, 0) is 5.41 Å². The monoisotopic (exact) mass is 397 g/mol. The van der Waals surface area contributed by atoms with Gasteiger partial charge >= 0.3 is 0 Å². The lowest BCUT2D eigenvalue weighted by Gasteiger charge is -2.57. The van der Waals surface area contributed by atoms with Gasteiger partial charge in [0.05, 0.1) is 0 Å². The van der Waals surface area contributed by atoms with E-state index in [2.05, 4.69) is 43.0 Å². The van der Waals surface area contributed by atoms with E-state index in [1.54, 1.807) is 5.56 Å². The molecule has 1 N–H and O–H groups in total. The van der Waals surface area contributed by atoms with Crippen LogP contribution < -0.4 is 4.74 Å². The molecule has 1 heterocycles. The van der Waals surface area contributed by atoms with Gasteiger partial charge in [-0.05, 0) is 106 Å². The topological polar surface area (TPSA) is 32.7 Å². The van der Waals surface area contributed by atoms with Gasteiger partial charge in [0, 0.05) is 18.6 Å². The molecule has 5 aliphatic rings. The molecular weight excluding hydrogens is 358 g/mol. The molecule has 0 aromatic heterocycles. The third kappa shape index (κ3) is 3.97. The Hall–Kier alpha value is -1.06. The van der Waals surface area contributed by atoms with Crippen LogP contribution in [0, 0.1) is 17.8 Å². The van der Waals surface area contributed by atoms with Crippen LogP contribution in [0.1, 0.15) is 77.2 Å². The van der Waals surface area contributed by atoms with Crippen molar-refractivity contribution in [2.24, 2.45) is 17.8 Å². The first-order valence-electron chi connectivity index (χ1n) is 12.2. The molecule has 4 saturated carbocycles. The van der Waals surface area contributed by atoms with Crippen molar-refractivity contribution in [1.29, 1.82) is 0 Å². The van der Waals surface area contributed by atoms with E-state index in [1.807, 2.05) is 0 Å². The van der Waals surface area contributed by atoms with Gasteiger partial charge in [0.2, 0.25) is 0 Å². The highest BCUT2D eigenvalue weighted by atomic mass is 16.5. The van der Waals surface area contributed by atoms with Gasteiger partial charge in [0.1, 0.15) is 18.5 Å². The molecule has 160 valence electrons. The third-order valence-electron chi connectivity index (χ3n) is 8.74. The molecule has 0 radical (unpaired) electrons. The zero-order valence-corrected chi connectivity index (χ0v) is 18.4. The Morgan fingerprint density at radius 3 is 2.07 bits per heavy atom. The SMILES string of the molecule is CC1CCCC(C)N1CC(O)COc1ccc(C23CC4CC(CC(C4)C2)C3)cc1. The number of ether oxygens (including phenoxy) is 1. The van der Waals surface area contributed by atoms with Gasteiger partial charge in [0.25, 0.3) is 0 Å². The van der Waals surface area contributed by atoms with E-state index < -0.39 is 6.10 Å². The number of rotatable bonds is 6. The van der Waals surface area contributed by atoms with Gasteiger partial charge in [-0.25, -0.2) is 0 Å². The first-order chi connectivity index (χ1) is 14.0. The molecule has 6 rings (SSSR count). The molecule has 3 nitrogen and oxygen atoms in total. The fourth-order valence-corrected chi connectivity index (χ4v) is 7.69. The maximum Gasteiger partial charge on any atom is 0.119 e. The van der Waals surface area contributed by atoms with Crippen molar-refractivity contribution >= 4 is 0 Å². The summed E-state index contributed by atoms with van der Waals surface area (Å²) in [6, 6.07) is 10.1. The van der Waals surface area contributed by atoms with Crippen LogP contribution in [0.2, 0.25) is 0 Å². The first kappa shape index (κ1) is 19.9. The Balaban J connectivity index is 1.17. The van der Waals surface area contributed by atoms with Gasteiger partial charge in [-0.15, -0.1) is 0 Å². The standard InChI is InChI=1S/C26H39NO2/c1-18-4-3-5-19(2)27(18)16-24(28)17-29-25-8-6-23(7-9-25)26-13-20-10-21(14-26)12-22(11-20)15-26/h6-9,18-22,24,28H,3-5,10-17H2,1-2H3. The third-order valence-corrected chi connectivity index (χ3v) is 8.74. The summed E-state index contributed by atoms with van der Waals surface area (Å²) in [7, 11) is 0. The van der Waals surface area contributed by atoms with Crippen LogP contribution in [0.5, 0.6) is 5.75 Å². The van der Waals surface area contributed by atoms with Gasteiger partial charge in [-0.3, -0.25) is 4.90 Å². The molecule has 1 aromatic rings. The zero-order valence-electron chi connectivity index (χ0n) is 18.4. The minimum atomic E-state index is -0.430. The average Bonchev–Trinajstić information content (AvgIpc) is 2.69. The van der Waals surface area contributed by atoms with E-state index >= 15 is 0 Å². The molecule has 3 heteroatoms. The molecule has 0 amide bonds. The van der Waals surface area contributed by atoms with E-state index in [0.717, 1.165) is 23.5 Å². The minimum absolute atomic E-state index is 0.382. The van der Waals surface area contributed by atoms with Crippen molar-refractivity contribution in [1.82, 2.24) is 4.90 Å². The lowest BCUT2D eigenvalue weighted by Crippen LogP contribution is -2.48. The minimum Gasteiger partial charge on any atom is -0.491 e. The number of piperidine rings is 1. The van der Waals surface area contributed by atoms with Crippen LogP contribution in [-0.4, -0.2) is 41.3 Å². The number of hydrogen-bond acceptors (Lipinski definition) is 3. The second-order valence-electron chi connectivity index (χ2n) is 11.0. The number of aliphatic hydroxyl groups is 1. The Morgan fingerprint density at radius 2 is 1.52 bits per heavy atom. The number of nitrogens with zero attached hydrogens (tertiary/aromatic N) is 1. The Morgan fingerprint density at radius 1 is 0.966 bits per heavy atom. The van der Waals surface area contributed by atoms with E-state index in [4.69, 9.17) is 4.74 Å². The molecular formula is C26H39NO2. The van der Waals surface area contributed by atoms with Crippen molar-refractivity contribution in [3.63, 3.8) is 0 Å². The summed E-state index contributed by atoms with van der Waals surface area (Å²) in [4.78, 5) is 2.45. The summed E-state index contributed by atoms with van der Waals surface area (Å²) in [5.74, 6) is 3.84. The van der Waals surface area contributed by atoms with Crippen LogP contribution in [0.3, 0.4) is 0 Å². The van der Waals surface area contributed by atoms with Crippen LogP contribution >= 0.6 is 0 Å². The van der Waals surface area contributed by atoms with Crippen molar-refractivity contribution < 1.29 is 9.84 Å². The number of hydrogen-bond donors (Lipinski definition) is 1. The molecule has 3 atom stereocenters. The summed E-state index contributed by atoms with van der Waals surface area (Å²) < 4.78 is 5.98. The van der Waals surface area contributed by atoms with Crippen molar-refractivity contribution in [2.45, 2.75) is 95.2 Å². The molecule has 4 aliphatic carbocycles. The number of likely N-dealkylation sites (tertiary alicyclic amines) is 1. The van der Waals surface area contributed by atoms with E-state index in [1.165, 1.54) is 57.8 Å². The molecule has 5 fully saturated rings. The predicted molar refractivity (Wildman–Crippen MR) is 117 cm³/mol. The highest BCUT2D eigenvalue weighted by Gasteiger charge is 2.51. The highest BCUT2D eigenvalue weighted by Crippen LogP contribution is 2.60. The summed E-state index contributed by atoms with van der Waals surface area (Å²) in [6.45, 7) is 5.67. The quantitative estimate of drug-likeness (QED) is 0.720. The van der Waals surface area contributed by atoms with Crippen LogP contribution in [0.15, 0.2) is 24.3 Å². The van der Waals surface area contributed by atoms with E-state index in [9.17, 15) is 5.11 Å². The van der Waals surface area contributed by atoms with Crippen LogP contribution in [0.4, 0.5) is 0 Å². The molecule has 1 saturated heterocycles. The summed E-state index contributed by atoms with van der Waals surface area (Å²) in [6.07, 6.45) is 12.1. The number of benzene rings is 1. The second-order valence-corrected chi connectivity index (χ2v) is 11.0. The zero-order chi connectivity index (χ0) is 20.0. The molecule has 0 spiro atoms. The van der Waals surface area contributed by atoms with E-state index in [0.29, 0.717) is 30.7 Å². The fourth-order valence-electron chi connectivity index (χ4n) is 7.69. The molecule has 29 heavy (non-hydrogen) atoms.